The molecule has 0 fully saturated rings. The minimum absolute atomic E-state index is 0.583. The average Bonchev–Trinajstić information content (AvgIpc) is 2.65. The van der Waals surface area contributed by atoms with Gasteiger partial charge >= 0.3 is 0 Å². The summed E-state index contributed by atoms with van der Waals surface area (Å²) in [5, 5.41) is 4.88. The van der Waals surface area contributed by atoms with Gasteiger partial charge in [-0.2, -0.15) is 0 Å². The fourth-order valence-electron chi connectivity index (χ4n) is 1.22. The van der Waals surface area contributed by atoms with Gasteiger partial charge in [0.05, 0.1) is 12.5 Å². The van der Waals surface area contributed by atoms with Crippen LogP contribution in [0.25, 0.3) is 11.0 Å². The number of benzene rings is 1. The molecule has 0 saturated carbocycles. The van der Waals surface area contributed by atoms with Crippen molar-refractivity contribution < 1.29 is 9.25 Å². The van der Waals surface area contributed by atoms with Gasteiger partial charge in [0.25, 0.3) is 0 Å². The van der Waals surface area contributed by atoms with Crippen molar-refractivity contribution in [3.63, 3.8) is 0 Å². The number of hydrogen-bond acceptors (Lipinski definition) is 3. The van der Waals surface area contributed by atoms with Gasteiger partial charge in [-0.25, -0.2) is 0 Å². The van der Waals surface area contributed by atoms with Gasteiger partial charge in [-0.05, 0) is 24.6 Å². The number of rotatable bonds is 3. The predicted molar refractivity (Wildman–Crippen MR) is 55.4 cm³/mol. The Balaban J connectivity index is 2.25. The Bertz CT molecular complexity index is 445. The van der Waals surface area contributed by atoms with Crippen molar-refractivity contribution in [3.05, 3.63) is 36.1 Å². The van der Waals surface area contributed by atoms with Gasteiger partial charge in [-0.15, -0.1) is 0 Å². The molecule has 1 heterocycles. The topological polar surface area (TPSA) is 34.7 Å². The smallest absolute Gasteiger partial charge is 0.134 e. The molecule has 0 unspecified atom stereocenters. The molecule has 14 heavy (non-hydrogen) atoms. The Morgan fingerprint density at radius 1 is 1.43 bits per heavy atom. The van der Waals surface area contributed by atoms with Crippen molar-refractivity contribution in [2.45, 2.75) is 6.92 Å². The summed E-state index contributed by atoms with van der Waals surface area (Å²) >= 11 is 0. The highest BCUT2D eigenvalue weighted by Gasteiger charge is 1.96. The standard InChI is InChI=1S/C11H11NO2/c1-2-14-12-8-9-3-4-10-5-6-13-11(10)7-9/h3-8H,2H2,1H3. The lowest BCUT2D eigenvalue weighted by atomic mass is 10.2. The van der Waals surface area contributed by atoms with E-state index >= 15 is 0 Å². The van der Waals surface area contributed by atoms with Crippen LogP contribution in [0.2, 0.25) is 0 Å². The fraction of sp³-hybridized carbons (Fsp3) is 0.182. The number of nitrogens with zero attached hydrogens (tertiary/aromatic N) is 1. The van der Waals surface area contributed by atoms with Crippen LogP contribution in [0.5, 0.6) is 0 Å². The van der Waals surface area contributed by atoms with E-state index in [2.05, 4.69) is 5.16 Å². The summed E-state index contributed by atoms with van der Waals surface area (Å²) in [6, 6.07) is 7.82. The molecule has 3 heteroatoms. The fourth-order valence-corrected chi connectivity index (χ4v) is 1.22. The summed E-state index contributed by atoms with van der Waals surface area (Å²) < 4.78 is 5.26. The van der Waals surface area contributed by atoms with Crippen molar-refractivity contribution in [3.8, 4) is 0 Å². The highest BCUT2D eigenvalue weighted by Crippen LogP contribution is 2.15. The molecule has 2 rings (SSSR count). The molecule has 0 amide bonds. The van der Waals surface area contributed by atoms with Crippen LogP contribution in [0.4, 0.5) is 0 Å². The van der Waals surface area contributed by atoms with Crippen LogP contribution < -0.4 is 0 Å². The quantitative estimate of drug-likeness (QED) is 0.549. The van der Waals surface area contributed by atoms with Gasteiger partial charge in [-0.3, -0.25) is 0 Å². The van der Waals surface area contributed by atoms with Crippen molar-refractivity contribution >= 4 is 17.2 Å². The average molecular weight is 189 g/mol. The van der Waals surface area contributed by atoms with Gasteiger partial charge in [0, 0.05) is 5.39 Å². The molecule has 0 saturated heterocycles. The summed E-state index contributed by atoms with van der Waals surface area (Å²) in [5.74, 6) is 0. The number of hydrogen-bond donors (Lipinski definition) is 0. The molecule has 0 radical (unpaired) electrons. The zero-order valence-corrected chi connectivity index (χ0v) is 7.93. The van der Waals surface area contributed by atoms with E-state index in [1.807, 2.05) is 31.2 Å². The summed E-state index contributed by atoms with van der Waals surface area (Å²) in [5.41, 5.74) is 1.84. The van der Waals surface area contributed by atoms with E-state index in [0.29, 0.717) is 6.61 Å². The van der Waals surface area contributed by atoms with Crippen molar-refractivity contribution in [2.75, 3.05) is 6.61 Å². The molecule has 0 spiro atoms. The number of fused-ring (bicyclic) bond motifs is 1. The van der Waals surface area contributed by atoms with Crippen LogP contribution in [0.3, 0.4) is 0 Å². The van der Waals surface area contributed by atoms with Crippen LogP contribution in [0, 0.1) is 0 Å². The third-order valence-corrected chi connectivity index (χ3v) is 1.89. The SMILES string of the molecule is CCON=Cc1ccc2ccoc2c1. The van der Waals surface area contributed by atoms with Crippen molar-refractivity contribution in [2.24, 2.45) is 5.16 Å². The lowest BCUT2D eigenvalue weighted by Crippen LogP contribution is -1.83. The molecule has 3 nitrogen and oxygen atoms in total. The Hall–Kier alpha value is -1.77. The lowest BCUT2D eigenvalue weighted by Gasteiger charge is -1.93. The first-order valence-electron chi connectivity index (χ1n) is 4.53. The zero-order chi connectivity index (χ0) is 9.80. The third-order valence-electron chi connectivity index (χ3n) is 1.89. The minimum atomic E-state index is 0.583. The molecular weight excluding hydrogens is 178 g/mol. The normalized spacial score (nSPS) is 11.2. The van der Waals surface area contributed by atoms with E-state index in [4.69, 9.17) is 9.25 Å². The van der Waals surface area contributed by atoms with Crippen LogP contribution >= 0.6 is 0 Å². The van der Waals surface area contributed by atoms with Crippen LogP contribution in [-0.2, 0) is 4.84 Å². The molecule has 0 N–H and O–H groups in total. The van der Waals surface area contributed by atoms with E-state index < -0.39 is 0 Å². The van der Waals surface area contributed by atoms with Crippen LogP contribution in [0.15, 0.2) is 40.1 Å². The predicted octanol–water partition coefficient (Wildman–Crippen LogP) is 2.80. The Labute approximate surface area is 82.0 Å². The van der Waals surface area contributed by atoms with E-state index in [1.165, 1.54) is 0 Å². The number of furan rings is 1. The van der Waals surface area contributed by atoms with E-state index in [9.17, 15) is 0 Å². The first-order chi connectivity index (χ1) is 6.90. The summed E-state index contributed by atoms with van der Waals surface area (Å²) in [6.07, 6.45) is 3.35. The lowest BCUT2D eigenvalue weighted by molar-refractivity contribution is 0.160. The first kappa shape index (κ1) is 8.81. The highest BCUT2D eigenvalue weighted by molar-refractivity contribution is 5.87. The third kappa shape index (κ3) is 1.76. The van der Waals surface area contributed by atoms with Crippen LogP contribution in [0.1, 0.15) is 12.5 Å². The largest absolute Gasteiger partial charge is 0.464 e. The summed E-state index contributed by atoms with van der Waals surface area (Å²) in [7, 11) is 0. The molecule has 0 bridgehead atoms. The molecule has 0 aliphatic rings. The van der Waals surface area contributed by atoms with E-state index in [-0.39, 0.29) is 0 Å². The van der Waals surface area contributed by atoms with E-state index in [1.54, 1.807) is 12.5 Å². The molecule has 0 aliphatic carbocycles. The Kier molecular flexibility index (Phi) is 2.49. The molecule has 0 aliphatic heterocycles. The van der Waals surface area contributed by atoms with Crippen molar-refractivity contribution in [1.29, 1.82) is 0 Å². The maximum atomic E-state index is 5.26. The maximum absolute atomic E-state index is 5.26. The van der Waals surface area contributed by atoms with Gasteiger partial charge in [0.15, 0.2) is 0 Å². The van der Waals surface area contributed by atoms with Crippen LogP contribution in [-0.4, -0.2) is 12.8 Å². The minimum Gasteiger partial charge on any atom is -0.464 e. The molecule has 2 aromatic rings. The van der Waals surface area contributed by atoms with Gasteiger partial charge in [-0.1, -0.05) is 17.3 Å². The second kappa shape index (κ2) is 3.96. The second-order valence-corrected chi connectivity index (χ2v) is 2.87. The van der Waals surface area contributed by atoms with Crippen molar-refractivity contribution in [1.82, 2.24) is 0 Å². The monoisotopic (exact) mass is 189 g/mol. The summed E-state index contributed by atoms with van der Waals surface area (Å²) in [4.78, 5) is 4.87. The Morgan fingerprint density at radius 3 is 3.21 bits per heavy atom. The first-order valence-corrected chi connectivity index (χ1v) is 4.53. The molecule has 1 aromatic carbocycles. The molecular formula is C11H11NO2. The van der Waals surface area contributed by atoms with Gasteiger partial charge < -0.3 is 9.25 Å². The molecule has 72 valence electrons. The van der Waals surface area contributed by atoms with E-state index in [0.717, 1.165) is 16.5 Å². The highest BCUT2D eigenvalue weighted by atomic mass is 16.6. The Morgan fingerprint density at radius 2 is 2.36 bits per heavy atom. The zero-order valence-electron chi connectivity index (χ0n) is 7.93. The van der Waals surface area contributed by atoms with Gasteiger partial charge in [0.1, 0.15) is 12.2 Å². The molecule has 0 atom stereocenters. The summed E-state index contributed by atoms with van der Waals surface area (Å²) in [6.45, 7) is 2.48. The number of oxime groups is 1. The van der Waals surface area contributed by atoms with Gasteiger partial charge in [0.2, 0.25) is 0 Å². The second-order valence-electron chi connectivity index (χ2n) is 2.87. The maximum Gasteiger partial charge on any atom is 0.134 e. The molecule has 1 aromatic heterocycles.